The van der Waals surface area contributed by atoms with Crippen molar-refractivity contribution in [2.24, 2.45) is 0 Å². The van der Waals surface area contributed by atoms with E-state index in [4.69, 9.17) is 5.26 Å². The lowest BCUT2D eigenvalue weighted by molar-refractivity contribution is 0.0515. The Balaban J connectivity index is 1.90. The molecule has 0 spiro atoms. The number of rotatable bonds is 5. The van der Waals surface area contributed by atoms with E-state index in [0.717, 1.165) is 11.3 Å². The zero-order chi connectivity index (χ0) is 14.4. The van der Waals surface area contributed by atoms with E-state index in [1.54, 1.807) is 19.2 Å². The number of aromatic nitrogens is 1. The summed E-state index contributed by atoms with van der Waals surface area (Å²) in [6, 6.07) is 15.1. The van der Waals surface area contributed by atoms with Crippen LogP contribution in [-0.2, 0) is 5.60 Å². The number of benzene rings is 1. The van der Waals surface area contributed by atoms with Crippen LogP contribution >= 0.6 is 0 Å². The van der Waals surface area contributed by atoms with Crippen LogP contribution in [-0.4, -0.2) is 16.6 Å². The second-order valence-electron chi connectivity index (χ2n) is 4.86. The van der Waals surface area contributed by atoms with Crippen LogP contribution < -0.4 is 5.32 Å². The maximum absolute atomic E-state index is 10.4. The monoisotopic (exact) mass is 267 g/mol. The van der Waals surface area contributed by atoms with Crippen molar-refractivity contribution < 1.29 is 5.11 Å². The second kappa shape index (κ2) is 6.18. The third-order valence-electron chi connectivity index (χ3n) is 3.21. The van der Waals surface area contributed by atoms with Crippen LogP contribution in [0.25, 0.3) is 0 Å². The predicted octanol–water partition coefficient (Wildman–Crippen LogP) is 2.66. The fraction of sp³-hybridized carbons (Fsp3) is 0.250. The highest BCUT2D eigenvalue weighted by Crippen LogP contribution is 2.24. The molecule has 0 fully saturated rings. The minimum absolute atomic E-state index is 0.395. The summed E-state index contributed by atoms with van der Waals surface area (Å²) < 4.78 is 0. The maximum atomic E-state index is 10.4. The summed E-state index contributed by atoms with van der Waals surface area (Å²) in [5.41, 5.74) is 1.27. The fourth-order valence-corrected chi connectivity index (χ4v) is 1.96. The van der Waals surface area contributed by atoms with Gasteiger partial charge < -0.3 is 10.4 Å². The van der Waals surface area contributed by atoms with Gasteiger partial charge in [-0.3, -0.25) is 0 Å². The van der Waals surface area contributed by atoms with E-state index in [1.165, 1.54) is 0 Å². The molecular formula is C16H17N3O. The van der Waals surface area contributed by atoms with Gasteiger partial charge in [-0.15, -0.1) is 0 Å². The molecule has 0 amide bonds. The maximum Gasteiger partial charge on any atom is 0.140 e. The normalized spacial score (nSPS) is 13.2. The van der Waals surface area contributed by atoms with Gasteiger partial charge in [0.05, 0.1) is 17.5 Å². The molecule has 1 unspecified atom stereocenters. The highest BCUT2D eigenvalue weighted by Gasteiger charge is 2.21. The van der Waals surface area contributed by atoms with Crippen molar-refractivity contribution in [3.63, 3.8) is 0 Å². The first kappa shape index (κ1) is 14.0. The van der Waals surface area contributed by atoms with E-state index in [1.807, 2.05) is 42.5 Å². The van der Waals surface area contributed by atoms with Crippen LogP contribution in [0.3, 0.4) is 0 Å². The molecule has 0 saturated carbocycles. The topological polar surface area (TPSA) is 68.9 Å². The van der Waals surface area contributed by atoms with E-state index in [2.05, 4.69) is 10.3 Å². The van der Waals surface area contributed by atoms with Gasteiger partial charge in [0.2, 0.25) is 0 Å². The molecule has 0 aliphatic rings. The molecule has 0 radical (unpaired) electrons. The number of nitrogens with zero attached hydrogens (tertiary/aromatic N) is 2. The van der Waals surface area contributed by atoms with Gasteiger partial charge in [0.15, 0.2) is 0 Å². The molecule has 102 valence electrons. The summed E-state index contributed by atoms with van der Waals surface area (Å²) >= 11 is 0. The number of aliphatic hydroxyl groups is 1. The van der Waals surface area contributed by atoms with Crippen LogP contribution in [0, 0.1) is 11.3 Å². The second-order valence-corrected chi connectivity index (χ2v) is 4.86. The van der Waals surface area contributed by atoms with Crippen molar-refractivity contribution in [1.29, 1.82) is 5.26 Å². The third kappa shape index (κ3) is 3.56. The Morgan fingerprint density at radius 3 is 2.60 bits per heavy atom. The Hall–Kier alpha value is -2.38. The van der Waals surface area contributed by atoms with Gasteiger partial charge >= 0.3 is 0 Å². The first-order chi connectivity index (χ1) is 9.62. The smallest absolute Gasteiger partial charge is 0.140 e. The van der Waals surface area contributed by atoms with Crippen LogP contribution in [0.5, 0.6) is 0 Å². The average Bonchev–Trinajstić information content (AvgIpc) is 2.49. The molecule has 0 aliphatic heterocycles. The molecule has 1 aromatic heterocycles. The summed E-state index contributed by atoms with van der Waals surface area (Å²) in [4.78, 5) is 3.98. The number of pyridine rings is 1. The Labute approximate surface area is 118 Å². The first-order valence-electron chi connectivity index (χ1n) is 6.50. The Kier molecular flexibility index (Phi) is 4.34. The van der Waals surface area contributed by atoms with Crippen molar-refractivity contribution in [3.05, 3.63) is 59.9 Å². The van der Waals surface area contributed by atoms with E-state index in [0.29, 0.717) is 18.7 Å². The molecule has 4 heteroatoms. The Bertz CT molecular complexity index is 585. The molecule has 0 bridgehead atoms. The quantitative estimate of drug-likeness (QED) is 0.873. The average molecular weight is 267 g/mol. The first-order valence-corrected chi connectivity index (χ1v) is 6.50. The largest absolute Gasteiger partial charge is 0.385 e. The van der Waals surface area contributed by atoms with Crippen LogP contribution in [0.15, 0.2) is 48.7 Å². The SMILES string of the molecule is CC(O)(CCNc1ccc(C#N)nc1)c1ccccc1. The standard InChI is InChI=1S/C16H17N3O/c1-16(20,13-5-3-2-4-6-13)9-10-18-15-8-7-14(11-17)19-12-15/h2-8,12,18,20H,9-10H2,1H3. The number of nitrogens with one attached hydrogen (secondary N) is 1. The summed E-state index contributed by atoms with van der Waals surface area (Å²) in [6.45, 7) is 2.43. The van der Waals surface area contributed by atoms with Crippen LogP contribution in [0.1, 0.15) is 24.6 Å². The number of hydrogen-bond donors (Lipinski definition) is 2. The molecule has 0 saturated heterocycles. The van der Waals surface area contributed by atoms with E-state index in [9.17, 15) is 5.11 Å². The lowest BCUT2D eigenvalue weighted by Crippen LogP contribution is -2.24. The molecule has 2 N–H and O–H groups in total. The van der Waals surface area contributed by atoms with Crippen molar-refractivity contribution in [2.75, 3.05) is 11.9 Å². The molecule has 2 aromatic rings. The van der Waals surface area contributed by atoms with Gasteiger partial charge in [-0.2, -0.15) is 5.26 Å². The van der Waals surface area contributed by atoms with Gasteiger partial charge in [0.25, 0.3) is 0 Å². The summed E-state index contributed by atoms with van der Waals surface area (Å²) in [5.74, 6) is 0. The molecule has 4 nitrogen and oxygen atoms in total. The number of hydrogen-bond acceptors (Lipinski definition) is 4. The van der Waals surface area contributed by atoms with Gasteiger partial charge in [-0.05, 0) is 31.0 Å². The lowest BCUT2D eigenvalue weighted by atomic mass is 9.93. The van der Waals surface area contributed by atoms with Gasteiger partial charge in [-0.25, -0.2) is 4.98 Å². The zero-order valence-corrected chi connectivity index (χ0v) is 11.4. The predicted molar refractivity (Wildman–Crippen MR) is 78.1 cm³/mol. The molecule has 2 rings (SSSR count). The highest BCUT2D eigenvalue weighted by atomic mass is 16.3. The molecule has 0 aliphatic carbocycles. The van der Waals surface area contributed by atoms with Crippen LogP contribution in [0.2, 0.25) is 0 Å². The van der Waals surface area contributed by atoms with Gasteiger partial charge in [0, 0.05) is 6.54 Å². The van der Waals surface area contributed by atoms with Crippen molar-refractivity contribution in [3.8, 4) is 6.07 Å². The molecule has 20 heavy (non-hydrogen) atoms. The van der Waals surface area contributed by atoms with Gasteiger partial charge in [0.1, 0.15) is 11.8 Å². The van der Waals surface area contributed by atoms with Crippen molar-refractivity contribution in [2.45, 2.75) is 18.9 Å². The fourth-order valence-electron chi connectivity index (χ4n) is 1.96. The van der Waals surface area contributed by atoms with E-state index >= 15 is 0 Å². The molecule has 1 aromatic carbocycles. The lowest BCUT2D eigenvalue weighted by Gasteiger charge is -2.24. The third-order valence-corrected chi connectivity index (χ3v) is 3.21. The van der Waals surface area contributed by atoms with Crippen molar-refractivity contribution in [1.82, 2.24) is 4.98 Å². The molecule has 1 atom stereocenters. The molecule has 1 heterocycles. The highest BCUT2D eigenvalue weighted by molar-refractivity contribution is 5.42. The minimum atomic E-state index is -0.867. The van der Waals surface area contributed by atoms with Crippen molar-refractivity contribution >= 4 is 5.69 Å². The summed E-state index contributed by atoms with van der Waals surface area (Å²) in [6.07, 6.45) is 2.20. The summed E-state index contributed by atoms with van der Waals surface area (Å²) in [5, 5.41) is 22.3. The van der Waals surface area contributed by atoms with Gasteiger partial charge in [-0.1, -0.05) is 30.3 Å². The zero-order valence-electron chi connectivity index (χ0n) is 11.4. The summed E-state index contributed by atoms with van der Waals surface area (Å²) in [7, 11) is 0. The Morgan fingerprint density at radius 1 is 1.25 bits per heavy atom. The van der Waals surface area contributed by atoms with E-state index < -0.39 is 5.60 Å². The number of nitriles is 1. The van der Waals surface area contributed by atoms with E-state index in [-0.39, 0.29) is 0 Å². The number of anilines is 1. The van der Waals surface area contributed by atoms with Crippen LogP contribution in [0.4, 0.5) is 5.69 Å². The minimum Gasteiger partial charge on any atom is -0.385 e. The Morgan fingerprint density at radius 2 is 2.00 bits per heavy atom. The molecular weight excluding hydrogens is 250 g/mol.